The SMILES string of the molecule is CCNc1cc(C(=O)N[C@@H](Cc2ccccc2)[C@H](O)CNCc2cc(C(=O)O)cc(C(=O)O)c2)cc(N2CCCCS2(=O)=O)c1. The highest BCUT2D eigenvalue weighted by atomic mass is 32.2. The van der Waals surface area contributed by atoms with Crippen LogP contribution in [-0.2, 0) is 23.0 Å². The fraction of sp³-hybridized carbons (Fsp3) is 0.344. The van der Waals surface area contributed by atoms with Gasteiger partial charge in [0, 0.05) is 37.4 Å². The van der Waals surface area contributed by atoms with Gasteiger partial charge < -0.3 is 31.3 Å². The molecule has 6 N–H and O–H groups in total. The Labute approximate surface area is 262 Å². The molecular weight excluding hydrogens is 600 g/mol. The van der Waals surface area contributed by atoms with E-state index in [1.165, 1.54) is 16.4 Å². The molecule has 240 valence electrons. The molecule has 4 rings (SSSR count). The van der Waals surface area contributed by atoms with Gasteiger partial charge in [-0.2, -0.15) is 0 Å². The Morgan fingerprint density at radius 3 is 2.20 bits per heavy atom. The summed E-state index contributed by atoms with van der Waals surface area (Å²) in [5.41, 5.74) is 2.15. The number of anilines is 2. The van der Waals surface area contributed by atoms with E-state index in [4.69, 9.17) is 0 Å². The molecule has 1 amide bonds. The Kier molecular flexibility index (Phi) is 11.2. The minimum atomic E-state index is -3.52. The minimum Gasteiger partial charge on any atom is -0.478 e. The summed E-state index contributed by atoms with van der Waals surface area (Å²) >= 11 is 0. The maximum Gasteiger partial charge on any atom is 0.335 e. The molecule has 1 saturated heterocycles. The van der Waals surface area contributed by atoms with Crippen molar-refractivity contribution < 1.29 is 38.1 Å². The molecule has 0 radical (unpaired) electrons. The molecule has 0 aromatic heterocycles. The van der Waals surface area contributed by atoms with E-state index in [-0.39, 0.29) is 42.0 Å². The van der Waals surface area contributed by atoms with E-state index in [0.29, 0.717) is 42.9 Å². The third-order valence-corrected chi connectivity index (χ3v) is 9.32. The van der Waals surface area contributed by atoms with E-state index in [1.54, 1.807) is 18.2 Å². The number of hydrogen-bond acceptors (Lipinski definition) is 8. The molecule has 1 fully saturated rings. The van der Waals surface area contributed by atoms with E-state index >= 15 is 0 Å². The summed E-state index contributed by atoms with van der Waals surface area (Å²) in [6.45, 7) is 2.84. The Morgan fingerprint density at radius 1 is 0.889 bits per heavy atom. The van der Waals surface area contributed by atoms with Gasteiger partial charge in [0.1, 0.15) is 0 Å². The lowest BCUT2D eigenvalue weighted by atomic mass is 10.00. The van der Waals surface area contributed by atoms with Crippen LogP contribution in [0.2, 0.25) is 0 Å². The number of carboxylic acid groups (broad SMARTS) is 2. The van der Waals surface area contributed by atoms with Crippen molar-refractivity contribution in [2.75, 3.05) is 35.0 Å². The number of rotatable bonds is 14. The summed E-state index contributed by atoms with van der Waals surface area (Å²) < 4.78 is 27.0. The van der Waals surface area contributed by atoms with Gasteiger partial charge in [0.25, 0.3) is 5.91 Å². The second-order valence-electron chi connectivity index (χ2n) is 10.9. The van der Waals surface area contributed by atoms with Crippen LogP contribution in [0.3, 0.4) is 0 Å². The number of benzene rings is 3. The molecular formula is C32H38N4O8S. The number of nitrogens with zero attached hydrogens (tertiary/aromatic N) is 1. The zero-order chi connectivity index (χ0) is 32.6. The van der Waals surface area contributed by atoms with Gasteiger partial charge in [-0.1, -0.05) is 30.3 Å². The molecule has 13 heteroatoms. The molecule has 0 unspecified atom stereocenters. The third kappa shape index (κ3) is 9.03. The van der Waals surface area contributed by atoms with Crippen LogP contribution in [0.25, 0.3) is 0 Å². The number of amides is 1. The first-order chi connectivity index (χ1) is 21.5. The minimum absolute atomic E-state index is 0.00775. The second kappa shape index (κ2) is 15.0. The molecule has 0 spiro atoms. The van der Waals surface area contributed by atoms with Gasteiger partial charge in [-0.15, -0.1) is 0 Å². The van der Waals surface area contributed by atoms with Crippen LogP contribution in [0.15, 0.2) is 66.7 Å². The zero-order valence-corrected chi connectivity index (χ0v) is 25.7. The summed E-state index contributed by atoms with van der Waals surface area (Å²) in [6, 6.07) is 17.2. The van der Waals surface area contributed by atoms with Crippen molar-refractivity contribution in [2.24, 2.45) is 0 Å². The number of carboxylic acids is 2. The molecule has 0 saturated carbocycles. The standard InChI is InChI=1S/C32H38N4O8S/c1-2-34-26-16-23(17-27(18-26)36-10-6-7-11-45(36,43)44)30(38)35-28(14-21-8-4-3-5-9-21)29(37)20-33-19-22-12-24(31(39)40)15-25(13-22)32(41)42/h3-5,8-9,12-13,15-18,28-29,33-34,37H,2,6-7,10-11,14,19-20H2,1H3,(H,35,38)(H,39,40)(H,41,42)/t28-,29+/m0/s1. The van der Waals surface area contributed by atoms with Gasteiger partial charge in [-0.3, -0.25) is 9.10 Å². The highest BCUT2D eigenvalue weighted by molar-refractivity contribution is 7.92. The lowest BCUT2D eigenvalue weighted by molar-refractivity contribution is 0.0696. The van der Waals surface area contributed by atoms with E-state index in [9.17, 15) is 38.1 Å². The van der Waals surface area contributed by atoms with E-state index < -0.39 is 40.0 Å². The molecule has 0 aliphatic carbocycles. The maximum atomic E-state index is 13.7. The van der Waals surface area contributed by atoms with Crippen molar-refractivity contribution in [1.29, 1.82) is 0 Å². The number of aliphatic hydroxyl groups excluding tert-OH is 1. The number of hydrogen-bond donors (Lipinski definition) is 6. The summed E-state index contributed by atoms with van der Waals surface area (Å²) in [4.78, 5) is 36.6. The highest BCUT2D eigenvalue weighted by Crippen LogP contribution is 2.28. The van der Waals surface area contributed by atoms with Gasteiger partial charge in [0.05, 0.1) is 34.7 Å². The van der Waals surface area contributed by atoms with Crippen LogP contribution >= 0.6 is 0 Å². The average molecular weight is 639 g/mol. The van der Waals surface area contributed by atoms with Gasteiger partial charge in [-0.05, 0) is 73.7 Å². The predicted octanol–water partition coefficient (Wildman–Crippen LogP) is 2.94. The van der Waals surface area contributed by atoms with Crippen molar-refractivity contribution in [3.05, 3.63) is 94.5 Å². The molecule has 1 heterocycles. The van der Waals surface area contributed by atoms with E-state index in [2.05, 4.69) is 16.0 Å². The average Bonchev–Trinajstić information content (AvgIpc) is 3.00. The summed E-state index contributed by atoms with van der Waals surface area (Å²) in [5, 5.41) is 39.0. The summed E-state index contributed by atoms with van der Waals surface area (Å²) in [6.07, 6.45) is 0.475. The Hall–Kier alpha value is -4.46. The molecule has 45 heavy (non-hydrogen) atoms. The number of sulfonamides is 1. The number of nitrogens with one attached hydrogen (secondary N) is 3. The van der Waals surface area contributed by atoms with Crippen LogP contribution in [0, 0.1) is 0 Å². The van der Waals surface area contributed by atoms with Crippen molar-refractivity contribution >= 4 is 39.2 Å². The molecule has 0 bridgehead atoms. The van der Waals surface area contributed by atoms with Crippen molar-refractivity contribution in [1.82, 2.24) is 10.6 Å². The van der Waals surface area contributed by atoms with Crippen molar-refractivity contribution in [3.8, 4) is 0 Å². The van der Waals surface area contributed by atoms with Gasteiger partial charge in [-0.25, -0.2) is 18.0 Å². The first-order valence-corrected chi connectivity index (χ1v) is 16.3. The maximum absolute atomic E-state index is 13.7. The van der Waals surface area contributed by atoms with Gasteiger partial charge >= 0.3 is 11.9 Å². The van der Waals surface area contributed by atoms with Crippen LogP contribution < -0.4 is 20.3 Å². The van der Waals surface area contributed by atoms with E-state index in [1.807, 2.05) is 37.3 Å². The Bertz CT molecular complexity index is 1600. The first kappa shape index (κ1) is 33.4. The molecule has 3 aromatic rings. The lowest BCUT2D eigenvalue weighted by Crippen LogP contribution is -2.48. The number of aliphatic hydroxyl groups is 1. The third-order valence-electron chi connectivity index (χ3n) is 7.45. The fourth-order valence-corrected chi connectivity index (χ4v) is 6.85. The summed E-state index contributed by atoms with van der Waals surface area (Å²) in [7, 11) is -3.52. The van der Waals surface area contributed by atoms with Crippen molar-refractivity contribution in [3.63, 3.8) is 0 Å². The Morgan fingerprint density at radius 2 is 1.58 bits per heavy atom. The first-order valence-electron chi connectivity index (χ1n) is 14.7. The number of carbonyl (C=O) groups is 3. The predicted molar refractivity (Wildman–Crippen MR) is 170 cm³/mol. The van der Waals surface area contributed by atoms with Gasteiger partial charge in [0.15, 0.2) is 0 Å². The second-order valence-corrected chi connectivity index (χ2v) is 12.9. The molecule has 3 aromatic carbocycles. The van der Waals surface area contributed by atoms with Crippen LogP contribution in [-0.4, -0.2) is 79.1 Å². The quantitative estimate of drug-likeness (QED) is 0.153. The van der Waals surface area contributed by atoms with Gasteiger partial charge in [0.2, 0.25) is 10.0 Å². The monoisotopic (exact) mass is 638 g/mol. The number of aromatic carboxylic acids is 2. The molecule has 12 nitrogen and oxygen atoms in total. The van der Waals surface area contributed by atoms with Crippen LogP contribution in [0.1, 0.15) is 62.0 Å². The van der Waals surface area contributed by atoms with E-state index in [0.717, 1.165) is 11.6 Å². The zero-order valence-electron chi connectivity index (χ0n) is 24.9. The molecule has 1 aliphatic heterocycles. The van der Waals surface area contributed by atoms with Crippen LogP contribution in [0.5, 0.6) is 0 Å². The number of carbonyl (C=O) groups excluding carboxylic acids is 1. The fourth-order valence-electron chi connectivity index (χ4n) is 5.22. The molecule has 1 aliphatic rings. The Balaban J connectivity index is 1.54. The normalized spacial score (nSPS) is 15.6. The highest BCUT2D eigenvalue weighted by Gasteiger charge is 2.28. The summed E-state index contributed by atoms with van der Waals surface area (Å²) in [5.74, 6) is -2.98. The lowest BCUT2D eigenvalue weighted by Gasteiger charge is -2.29. The molecule has 2 atom stereocenters. The smallest absolute Gasteiger partial charge is 0.335 e. The largest absolute Gasteiger partial charge is 0.478 e. The topological polar surface area (TPSA) is 185 Å². The van der Waals surface area contributed by atoms with Crippen LogP contribution in [0.4, 0.5) is 11.4 Å². The van der Waals surface area contributed by atoms with Crippen molar-refractivity contribution in [2.45, 2.75) is 44.9 Å².